The van der Waals surface area contributed by atoms with Crippen molar-refractivity contribution >= 4 is 16.0 Å². The molecule has 1 heterocycles. The number of benzene rings is 1. The van der Waals surface area contributed by atoms with Crippen molar-refractivity contribution in [2.75, 3.05) is 20.2 Å². The molecule has 0 fully saturated rings. The number of aryl methyl sites for hydroxylation is 1. The minimum Gasteiger partial charge on any atom is -0.495 e. The van der Waals surface area contributed by atoms with E-state index in [1.54, 1.807) is 27.7 Å². The number of esters is 1. The van der Waals surface area contributed by atoms with Crippen molar-refractivity contribution in [3.63, 3.8) is 0 Å². The third-order valence-corrected chi connectivity index (χ3v) is 5.97. The Balaban J connectivity index is 2.34. The van der Waals surface area contributed by atoms with Crippen LogP contribution in [0.1, 0.15) is 49.0 Å². The molecule has 0 radical (unpaired) electrons. The van der Waals surface area contributed by atoms with Crippen molar-refractivity contribution < 1.29 is 27.1 Å². The van der Waals surface area contributed by atoms with E-state index in [-0.39, 0.29) is 22.1 Å². The monoisotopic (exact) mass is 397 g/mol. The van der Waals surface area contributed by atoms with Gasteiger partial charge < -0.3 is 13.9 Å². The molecule has 2 aromatic rings. The van der Waals surface area contributed by atoms with Gasteiger partial charge in [-0.15, -0.1) is 10.2 Å². The lowest BCUT2D eigenvalue weighted by molar-refractivity contribution is 0.0276. The number of carbonyl (C=O) groups is 1. The van der Waals surface area contributed by atoms with Crippen molar-refractivity contribution in [2.45, 2.75) is 38.7 Å². The largest absolute Gasteiger partial charge is 0.495 e. The Labute approximate surface area is 158 Å². The molecular weight excluding hydrogens is 374 g/mol. The fourth-order valence-corrected chi connectivity index (χ4v) is 4.10. The normalized spacial score (nSPS) is 12.8. The molecule has 0 spiro atoms. The Kier molecular flexibility index (Phi) is 6.55. The first-order chi connectivity index (χ1) is 12.7. The van der Waals surface area contributed by atoms with Crippen LogP contribution < -0.4 is 4.74 Å². The standard InChI is InChI=1S/C17H23N3O6S/c1-6-20(7-2)27(22,23)15-10-13(8-9-14(15)24-5)17(21)25-11(3)16-19-18-12(4)26-16/h8-11H,6-7H2,1-5H3. The molecule has 0 N–H and O–H groups in total. The predicted octanol–water partition coefficient (Wildman–Crippen LogP) is 2.34. The molecule has 0 saturated heterocycles. The number of rotatable bonds is 8. The van der Waals surface area contributed by atoms with Crippen LogP contribution in [0.15, 0.2) is 27.5 Å². The lowest BCUT2D eigenvalue weighted by Gasteiger charge is -2.20. The number of methoxy groups -OCH3 is 1. The topological polar surface area (TPSA) is 112 Å². The maximum absolute atomic E-state index is 12.9. The molecule has 1 atom stereocenters. The van der Waals surface area contributed by atoms with Gasteiger partial charge in [-0.2, -0.15) is 4.31 Å². The van der Waals surface area contributed by atoms with E-state index in [2.05, 4.69) is 10.2 Å². The SMILES string of the molecule is CCN(CC)S(=O)(=O)c1cc(C(=O)OC(C)c2nnc(C)o2)ccc1OC. The molecule has 0 aliphatic heterocycles. The highest BCUT2D eigenvalue weighted by Crippen LogP contribution is 2.29. The molecular formula is C17H23N3O6S. The Hall–Kier alpha value is -2.46. The Morgan fingerprint density at radius 3 is 2.44 bits per heavy atom. The Morgan fingerprint density at radius 1 is 1.26 bits per heavy atom. The summed E-state index contributed by atoms with van der Waals surface area (Å²) in [5.41, 5.74) is 0.0737. The molecule has 1 unspecified atom stereocenters. The number of sulfonamides is 1. The minimum atomic E-state index is -3.82. The van der Waals surface area contributed by atoms with Crippen LogP contribution in [0.5, 0.6) is 5.75 Å². The van der Waals surface area contributed by atoms with Crippen LogP contribution in [0.3, 0.4) is 0 Å². The van der Waals surface area contributed by atoms with E-state index in [1.807, 2.05) is 0 Å². The lowest BCUT2D eigenvalue weighted by atomic mass is 10.2. The molecule has 0 bridgehead atoms. The van der Waals surface area contributed by atoms with Gasteiger partial charge in [-0.05, 0) is 25.1 Å². The van der Waals surface area contributed by atoms with Crippen molar-refractivity contribution in [1.82, 2.24) is 14.5 Å². The second-order valence-corrected chi connectivity index (χ2v) is 7.57. The summed E-state index contributed by atoms with van der Waals surface area (Å²) in [6, 6.07) is 4.11. The van der Waals surface area contributed by atoms with Gasteiger partial charge in [-0.25, -0.2) is 13.2 Å². The van der Waals surface area contributed by atoms with Crippen molar-refractivity contribution in [1.29, 1.82) is 0 Å². The maximum atomic E-state index is 12.9. The average Bonchev–Trinajstić information content (AvgIpc) is 3.08. The lowest BCUT2D eigenvalue weighted by Crippen LogP contribution is -2.31. The maximum Gasteiger partial charge on any atom is 0.338 e. The van der Waals surface area contributed by atoms with Gasteiger partial charge in [0, 0.05) is 20.0 Å². The third-order valence-electron chi connectivity index (χ3n) is 3.90. The quantitative estimate of drug-likeness (QED) is 0.624. The third kappa shape index (κ3) is 4.45. The second-order valence-electron chi connectivity index (χ2n) is 5.66. The molecule has 9 nitrogen and oxygen atoms in total. The van der Waals surface area contributed by atoms with Crippen LogP contribution in [-0.2, 0) is 14.8 Å². The van der Waals surface area contributed by atoms with Gasteiger partial charge in [0.2, 0.25) is 15.9 Å². The summed E-state index contributed by atoms with van der Waals surface area (Å²) in [4.78, 5) is 12.4. The highest BCUT2D eigenvalue weighted by atomic mass is 32.2. The van der Waals surface area contributed by atoms with Gasteiger partial charge in [0.15, 0.2) is 6.10 Å². The molecule has 0 amide bonds. The van der Waals surface area contributed by atoms with E-state index in [0.717, 1.165) is 0 Å². The molecule has 1 aromatic heterocycles. The zero-order valence-electron chi connectivity index (χ0n) is 15.9. The first-order valence-electron chi connectivity index (χ1n) is 8.43. The first kappa shape index (κ1) is 20.8. The number of nitrogens with zero attached hydrogens (tertiary/aromatic N) is 3. The van der Waals surface area contributed by atoms with E-state index in [9.17, 15) is 13.2 Å². The summed E-state index contributed by atoms with van der Waals surface area (Å²) in [7, 11) is -2.45. The summed E-state index contributed by atoms with van der Waals surface area (Å²) >= 11 is 0. The van der Waals surface area contributed by atoms with Gasteiger partial charge in [-0.1, -0.05) is 13.8 Å². The van der Waals surface area contributed by atoms with Crippen LogP contribution in [0.25, 0.3) is 0 Å². The molecule has 148 valence electrons. The van der Waals surface area contributed by atoms with Crippen molar-refractivity contribution in [3.8, 4) is 5.75 Å². The van der Waals surface area contributed by atoms with E-state index in [0.29, 0.717) is 19.0 Å². The van der Waals surface area contributed by atoms with Gasteiger partial charge in [0.25, 0.3) is 5.89 Å². The molecule has 0 aliphatic rings. The Bertz CT molecular complexity index is 905. The number of hydrogen-bond acceptors (Lipinski definition) is 8. The van der Waals surface area contributed by atoms with Crippen LogP contribution in [0, 0.1) is 6.92 Å². The summed E-state index contributed by atoms with van der Waals surface area (Å²) in [6.45, 7) is 7.27. The highest BCUT2D eigenvalue weighted by molar-refractivity contribution is 7.89. The van der Waals surface area contributed by atoms with Crippen molar-refractivity contribution in [2.24, 2.45) is 0 Å². The molecule has 2 rings (SSSR count). The van der Waals surface area contributed by atoms with Crippen molar-refractivity contribution in [3.05, 3.63) is 35.5 Å². The van der Waals surface area contributed by atoms with Crippen LogP contribution in [-0.4, -0.2) is 49.1 Å². The number of ether oxygens (including phenoxy) is 2. The highest BCUT2D eigenvalue weighted by Gasteiger charge is 2.28. The first-order valence-corrected chi connectivity index (χ1v) is 9.87. The zero-order valence-corrected chi connectivity index (χ0v) is 16.7. The Morgan fingerprint density at radius 2 is 1.93 bits per heavy atom. The predicted molar refractivity (Wildman–Crippen MR) is 96.0 cm³/mol. The fraction of sp³-hybridized carbons (Fsp3) is 0.471. The smallest absolute Gasteiger partial charge is 0.338 e. The van der Waals surface area contributed by atoms with E-state index in [1.165, 1.54) is 29.6 Å². The summed E-state index contributed by atoms with van der Waals surface area (Å²) in [5.74, 6) is -0.0497. The van der Waals surface area contributed by atoms with Gasteiger partial charge >= 0.3 is 5.97 Å². The zero-order chi connectivity index (χ0) is 20.2. The van der Waals surface area contributed by atoms with Crippen LogP contribution >= 0.6 is 0 Å². The van der Waals surface area contributed by atoms with Gasteiger partial charge in [0.1, 0.15) is 10.6 Å². The molecule has 0 saturated carbocycles. The van der Waals surface area contributed by atoms with E-state index in [4.69, 9.17) is 13.9 Å². The number of carbonyl (C=O) groups excluding carboxylic acids is 1. The summed E-state index contributed by atoms with van der Waals surface area (Å²) in [5, 5.41) is 7.49. The molecule has 1 aromatic carbocycles. The average molecular weight is 397 g/mol. The molecule has 0 aliphatic carbocycles. The molecule has 27 heavy (non-hydrogen) atoms. The van der Waals surface area contributed by atoms with Gasteiger partial charge in [0.05, 0.1) is 12.7 Å². The van der Waals surface area contributed by atoms with Crippen LogP contribution in [0.4, 0.5) is 0 Å². The van der Waals surface area contributed by atoms with E-state index >= 15 is 0 Å². The minimum absolute atomic E-state index is 0.0737. The van der Waals surface area contributed by atoms with Gasteiger partial charge in [-0.3, -0.25) is 0 Å². The number of aromatic nitrogens is 2. The summed E-state index contributed by atoms with van der Waals surface area (Å²) < 4.78 is 42.7. The summed E-state index contributed by atoms with van der Waals surface area (Å²) in [6.07, 6.45) is -0.774. The number of hydrogen-bond donors (Lipinski definition) is 0. The fourth-order valence-electron chi connectivity index (χ4n) is 2.46. The second kappa shape index (κ2) is 8.49. The molecule has 10 heteroatoms. The van der Waals surface area contributed by atoms with Crippen LogP contribution in [0.2, 0.25) is 0 Å². The van der Waals surface area contributed by atoms with E-state index < -0.39 is 22.1 Å².